The van der Waals surface area contributed by atoms with E-state index in [0.717, 1.165) is 6.42 Å². The first-order valence-electron chi connectivity index (χ1n) is 5.73. The molecule has 1 rings (SSSR count). The molecule has 0 saturated carbocycles. The number of nitrogens with one attached hydrogen (secondary N) is 1. The number of nitro groups is 1. The molecule has 0 aliphatic heterocycles. The van der Waals surface area contributed by atoms with E-state index in [0.29, 0.717) is 12.3 Å². The van der Waals surface area contributed by atoms with Crippen molar-refractivity contribution in [1.29, 1.82) is 0 Å². The van der Waals surface area contributed by atoms with Crippen LogP contribution in [0.3, 0.4) is 0 Å². The first kappa shape index (κ1) is 14.0. The van der Waals surface area contributed by atoms with Gasteiger partial charge in [0.1, 0.15) is 5.75 Å². The van der Waals surface area contributed by atoms with Crippen molar-refractivity contribution in [2.24, 2.45) is 0 Å². The van der Waals surface area contributed by atoms with Gasteiger partial charge in [-0.3, -0.25) is 14.9 Å². The van der Waals surface area contributed by atoms with Gasteiger partial charge >= 0.3 is 0 Å². The van der Waals surface area contributed by atoms with Crippen LogP contribution in [0, 0.1) is 10.1 Å². The molecule has 1 N–H and O–H groups in total. The number of nitro benzene ring substituents is 1. The first-order chi connectivity index (χ1) is 8.54. The molecule has 0 aliphatic rings. The van der Waals surface area contributed by atoms with Gasteiger partial charge in [-0.05, 0) is 19.4 Å². The molecule has 0 aliphatic carbocycles. The van der Waals surface area contributed by atoms with Gasteiger partial charge in [-0.15, -0.1) is 0 Å². The molecule has 0 saturated heterocycles. The summed E-state index contributed by atoms with van der Waals surface area (Å²) in [5.41, 5.74) is -0.0614. The second kappa shape index (κ2) is 6.58. The lowest BCUT2D eigenvalue weighted by Crippen LogP contribution is -2.36. The fraction of sp³-hybridized carbons (Fsp3) is 0.417. The summed E-state index contributed by atoms with van der Waals surface area (Å²) >= 11 is 0. The fourth-order valence-corrected chi connectivity index (χ4v) is 1.32. The first-order valence-corrected chi connectivity index (χ1v) is 5.73. The van der Waals surface area contributed by atoms with Gasteiger partial charge < -0.3 is 10.1 Å². The second-order valence-corrected chi connectivity index (χ2v) is 3.81. The Bertz CT molecular complexity index is 434. The molecule has 0 spiro atoms. The number of carbonyl (C=O) groups is 1. The van der Waals surface area contributed by atoms with E-state index in [1.807, 2.05) is 6.92 Å². The zero-order valence-electron chi connectivity index (χ0n) is 10.4. The maximum Gasteiger partial charge on any atom is 0.273 e. The van der Waals surface area contributed by atoms with Crippen molar-refractivity contribution in [2.45, 2.75) is 26.4 Å². The number of hydrogen-bond donors (Lipinski definition) is 1. The van der Waals surface area contributed by atoms with Crippen molar-refractivity contribution in [3.8, 4) is 5.75 Å². The quantitative estimate of drug-likeness (QED) is 0.619. The van der Waals surface area contributed by atoms with Crippen LogP contribution >= 0.6 is 0 Å². The highest BCUT2D eigenvalue weighted by Gasteiger charge is 2.15. The molecule has 0 bridgehead atoms. The maximum absolute atomic E-state index is 11.6. The van der Waals surface area contributed by atoms with Crippen LogP contribution in [0.2, 0.25) is 0 Å². The summed E-state index contributed by atoms with van der Waals surface area (Å²) < 4.78 is 5.35. The van der Waals surface area contributed by atoms with Gasteiger partial charge in [0.2, 0.25) is 0 Å². The van der Waals surface area contributed by atoms with E-state index in [4.69, 9.17) is 4.74 Å². The molecule has 1 amide bonds. The van der Waals surface area contributed by atoms with Crippen LogP contribution in [0.4, 0.5) is 5.69 Å². The number of amides is 1. The molecule has 6 nitrogen and oxygen atoms in total. The van der Waals surface area contributed by atoms with Crippen LogP contribution in [-0.4, -0.2) is 23.5 Å². The Hall–Kier alpha value is -2.11. The zero-order valence-corrected chi connectivity index (χ0v) is 10.4. The van der Waals surface area contributed by atoms with Crippen LogP contribution < -0.4 is 10.1 Å². The highest BCUT2D eigenvalue weighted by Crippen LogP contribution is 2.20. The predicted octanol–water partition coefficient (Wildman–Crippen LogP) is 1.89. The average Bonchev–Trinajstić information content (AvgIpc) is 2.36. The van der Waals surface area contributed by atoms with E-state index in [2.05, 4.69) is 5.32 Å². The van der Waals surface area contributed by atoms with Gasteiger partial charge in [-0.1, -0.05) is 13.0 Å². The number of carbonyl (C=O) groups excluding carboxylic acids is 1. The molecule has 6 heteroatoms. The smallest absolute Gasteiger partial charge is 0.273 e. The lowest BCUT2D eigenvalue weighted by molar-refractivity contribution is -0.384. The van der Waals surface area contributed by atoms with Crippen LogP contribution in [0.25, 0.3) is 0 Å². The fourth-order valence-electron chi connectivity index (χ4n) is 1.32. The van der Waals surface area contributed by atoms with Gasteiger partial charge in [0.05, 0.1) is 11.0 Å². The number of nitrogens with zero attached hydrogens (tertiary/aromatic N) is 1. The Morgan fingerprint density at radius 2 is 2.28 bits per heavy atom. The summed E-state index contributed by atoms with van der Waals surface area (Å²) in [5, 5.41) is 13.3. The molecule has 0 heterocycles. The van der Waals surface area contributed by atoms with E-state index >= 15 is 0 Å². The Morgan fingerprint density at radius 3 is 2.89 bits per heavy atom. The zero-order chi connectivity index (χ0) is 13.5. The topological polar surface area (TPSA) is 81.5 Å². The van der Waals surface area contributed by atoms with E-state index in [-0.39, 0.29) is 11.6 Å². The van der Waals surface area contributed by atoms with Crippen LogP contribution in [0.5, 0.6) is 5.75 Å². The van der Waals surface area contributed by atoms with Crippen LogP contribution in [0.15, 0.2) is 24.3 Å². The SMILES string of the molecule is CCCNC(=O)[C@H](C)Oc1cccc([N+](=O)[O-])c1. The van der Waals surface area contributed by atoms with Crippen molar-refractivity contribution < 1.29 is 14.5 Å². The minimum Gasteiger partial charge on any atom is -0.481 e. The number of benzene rings is 1. The lowest BCUT2D eigenvalue weighted by Gasteiger charge is -2.14. The lowest BCUT2D eigenvalue weighted by atomic mass is 10.3. The third kappa shape index (κ3) is 4.04. The largest absolute Gasteiger partial charge is 0.481 e. The van der Waals surface area contributed by atoms with E-state index < -0.39 is 11.0 Å². The predicted molar refractivity (Wildman–Crippen MR) is 66.5 cm³/mol. The molecule has 18 heavy (non-hydrogen) atoms. The molecule has 1 aromatic rings. The summed E-state index contributed by atoms with van der Waals surface area (Å²) in [6.45, 7) is 4.14. The van der Waals surface area contributed by atoms with Crippen molar-refractivity contribution >= 4 is 11.6 Å². The van der Waals surface area contributed by atoms with Crippen molar-refractivity contribution in [2.75, 3.05) is 6.54 Å². The van der Waals surface area contributed by atoms with Crippen LogP contribution in [0.1, 0.15) is 20.3 Å². The molecule has 1 atom stereocenters. The Balaban J connectivity index is 2.63. The number of non-ortho nitro benzene ring substituents is 1. The summed E-state index contributed by atoms with van der Waals surface area (Å²) in [6.07, 6.45) is 0.161. The summed E-state index contributed by atoms with van der Waals surface area (Å²) in [7, 11) is 0. The van der Waals surface area contributed by atoms with E-state index in [1.54, 1.807) is 13.0 Å². The van der Waals surface area contributed by atoms with Gasteiger partial charge in [0, 0.05) is 12.6 Å². The molecular formula is C12H16N2O4. The standard InChI is InChI=1S/C12H16N2O4/c1-3-7-13-12(15)9(2)18-11-6-4-5-10(8-11)14(16)17/h4-6,8-9H,3,7H2,1-2H3,(H,13,15)/t9-/m0/s1. The number of ether oxygens (including phenoxy) is 1. The molecule has 1 aromatic carbocycles. The number of hydrogen-bond acceptors (Lipinski definition) is 4. The van der Waals surface area contributed by atoms with Gasteiger partial charge in [-0.2, -0.15) is 0 Å². The van der Waals surface area contributed by atoms with Crippen LogP contribution in [-0.2, 0) is 4.79 Å². The summed E-state index contributed by atoms with van der Waals surface area (Å²) in [5.74, 6) is 0.0757. The second-order valence-electron chi connectivity index (χ2n) is 3.81. The monoisotopic (exact) mass is 252 g/mol. The molecule has 0 unspecified atom stereocenters. The van der Waals surface area contributed by atoms with Gasteiger partial charge in [0.15, 0.2) is 6.10 Å². The molecule has 0 fully saturated rings. The van der Waals surface area contributed by atoms with Gasteiger partial charge in [-0.25, -0.2) is 0 Å². The Morgan fingerprint density at radius 1 is 1.56 bits per heavy atom. The average molecular weight is 252 g/mol. The third-order valence-corrected chi connectivity index (χ3v) is 2.26. The minimum absolute atomic E-state index is 0.0614. The summed E-state index contributed by atoms with van der Waals surface area (Å²) in [6, 6.07) is 5.76. The Labute approximate surface area is 105 Å². The summed E-state index contributed by atoms with van der Waals surface area (Å²) in [4.78, 5) is 21.6. The molecule has 0 aromatic heterocycles. The molecular weight excluding hydrogens is 236 g/mol. The third-order valence-electron chi connectivity index (χ3n) is 2.26. The normalized spacial score (nSPS) is 11.7. The van der Waals surface area contributed by atoms with E-state index in [9.17, 15) is 14.9 Å². The highest BCUT2D eigenvalue weighted by atomic mass is 16.6. The minimum atomic E-state index is -0.682. The molecule has 0 radical (unpaired) electrons. The van der Waals surface area contributed by atoms with Crippen molar-refractivity contribution in [1.82, 2.24) is 5.32 Å². The maximum atomic E-state index is 11.6. The van der Waals surface area contributed by atoms with Crippen molar-refractivity contribution in [3.05, 3.63) is 34.4 Å². The highest BCUT2D eigenvalue weighted by molar-refractivity contribution is 5.80. The van der Waals surface area contributed by atoms with Gasteiger partial charge in [0.25, 0.3) is 11.6 Å². The molecule has 98 valence electrons. The Kier molecular flexibility index (Phi) is 5.10. The number of rotatable bonds is 6. The van der Waals surface area contributed by atoms with Crippen molar-refractivity contribution in [3.63, 3.8) is 0 Å². The van der Waals surface area contributed by atoms with E-state index in [1.165, 1.54) is 18.2 Å².